The van der Waals surface area contributed by atoms with Crippen LogP contribution in [-0.4, -0.2) is 46.3 Å². The standard InChI is InChI=1S/C48H64FN3O3.2ClH/c1-37(2)25-33-50-31-12-11-29-48(43-36-45(55-4)44(54-3)35-39(43)26-34-52-48)30-13-27-47(40-15-7-5-8-16-40,41-17-9-6-10-18-41)28-14-32-51-46(53)24-21-38-19-22-42(49)23-20-38;;/h5-10,15-20,22-23,35-37,50,52H,11-14,21,24-34H2,1-4H3,(H,51,53);2*1H. The summed E-state index contributed by atoms with van der Waals surface area (Å²) in [7, 11) is 3.45. The molecule has 0 aromatic heterocycles. The van der Waals surface area contributed by atoms with E-state index >= 15 is 0 Å². The fourth-order valence-corrected chi connectivity index (χ4v) is 8.56. The van der Waals surface area contributed by atoms with Crippen molar-refractivity contribution in [1.29, 1.82) is 0 Å². The average molecular weight is 823 g/mol. The van der Waals surface area contributed by atoms with Crippen LogP contribution in [0.25, 0.3) is 0 Å². The van der Waals surface area contributed by atoms with Crippen LogP contribution in [0.3, 0.4) is 0 Å². The number of benzene rings is 4. The molecular formula is C48H66Cl2FN3O3. The molecule has 1 aliphatic heterocycles. The van der Waals surface area contributed by atoms with E-state index in [9.17, 15) is 9.18 Å². The van der Waals surface area contributed by atoms with Gasteiger partial charge in [-0.25, -0.2) is 4.39 Å². The van der Waals surface area contributed by atoms with Crippen molar-refractivity contribution < 1.29 is 18.7 Å². The van der Waals surface area contributed by atoms with Crippen LogP contribution in [0.4, 0.5) is 4.39 Å². The number of nitrogens with one attached hydrogen (secondary N) is 3. The summed E-state index contributed by atoms with van der Waals surface area (Å²) < 4.78 is 25.0. The van der Waals surface area contributed by atoms with E-state index in [2.05, 4.69) is 103 Å². The normalized spacial score (nSPS) is 14.9. The number of aryl methyl sites for hydroxylation is 1. The van der Waals surface area contributed by atoms with Crippen molar-refractivity contribution in [3.05, 3.63) is 131 Å². The smallest absolute Gasteiger partial charge is 0.220 e. The van der Waals surface area contributed by atoms with E-state index in [0.29, 0.717) is 25.3 Å². The summed E-state index contributed by atoms with van der Waals surface area (Å²) in [4.78, 5) is 12.9. The largest absolute Gasteiger partial charge is 0.493 e. The molecule has 57 heavy (non-hydrogen) atoms. The molecule has 0 saturated carbocycles. The molecule has 0 fully saturated rings. The summed E-state index contributed by atoms with van der Waals surface area (Å²) in [6, 6.07) is 32.8. The molecular weight excluding hydrogens is 756 g/mol. The molecule has 0 spiro atoms. The van der Waals surface area contributed by atoms with Crippen LogP contribution < -0.4 is 25.4 Å². The minimum atomic E-state index is -0.259. The lowest BCUT2D eigenvalue weighted by molar-refractivity contribution is -0.121. The fraction of sp³-hybridized carbons (Fsp3) is 0.479. The van der Waals surface area contributed by atoms with Gasteiger partial charge in [-0.3, -0.25) is 4.79 Å². The Balaban J connectivity index is 0.00000435. The quantitative estimate of drug-likeness (QED) is 0.0650. The summed E-state index contributed by atoms with van der Waals surface area (Å²) >= 11 is 0. The minimum absolute atomic E-state index is 0. The third-order valence-corrected chi connectivity index (χ3v) is 11.6. The number of unbranched alkanes of at least 4 members (excludes halogenated alkanes) is 1. The van der Waals surface area contributed by atoms with Crippen molar-refractivity contribution in [2.24, 2.45) is 5.92 Å². The van der Waals surface area contributed by atoms with E-state index in [4.69, 9.17) is 9.47 Å². The van der Waals surface area contributed by atoms with Gasteiger partial charge in [-0.05, 0) is 129 Å². The van der Waals surface area contributed by atoms with Gasteiger partial charge in [0.2, 0.25) is 5.91 Å². The number of methoxy groups -OCH3 is 2. The van der Waals surface area contributed by atoms with Gasteiger partial charge in [-0.15, -0.1) is 24.8 Å². The first-order valence-corrected chi connectivity index (χ1v) is 20.6. The first-order chi connectivity index (χ1) is 26.8. The van der Waals surface area contributed by atoms with Crippen LogP contribution in [0.15, 0.2) is 97.1 Å². The second-order valence-corrected chi connectivity index (χ2v) is 15.8. The van der Waals surface area contributed by atoms with E-state index in [1.807, 2.05) is 0 Å². The molecule has 0 aliphatic carbocycles. The van der Waals surface area contributed by atoms with Crippen LogP contribution in [0, 0.1) is 11.7 Å². The zero-order valence-electron chi connectivity index (χ0n) is 34.5. The van der Waals surface area contributed by atoms with E-state index in [1.54, 1.807) is 26.4 Å². The molecule has 0 bridgehead atoms. The molecule has 1 heterocycles. The van der Waals surface area contributed by atoms with Crippen molar-refractivity contribution in [3.8, 4) is 11.5 Å². The van der Waals surface area contributed by atoms with Gasteiger partial charge in [0.05, 0.1) is 14.2 Å². The zero-order valence-corrected chi connectivity index (χ0v) is 36.2. The van der Waals surface area contributed by atoms with E-state index in [1.165, 1.54) is 40.8 Å². The number of carbonyl (C=O) groups excluding carboxylic acids is 1. The Morgan fingerprint density at radius 3 is 2.04 bits per heavy atom. The van der Waals surface area contributed by atoms with Gasteiger partial charge in [-0.2, -0.15) is 0 Å². The second-order valence-electron chi connectivity index (χ2n) is 15.8. The predicted octanol–water partition coefficient (Wildman–Crippen LogP) is 10.5. The van der Waals surface area contributed by atoms with Crippen molar-refractivity contribution in [2.75, 3.05) is 40.4 Å². The number of rotatable bonds is 23. The highest BCUT2D eigenvalue weighted by Crippen LogP contribution is 2.46. The molecule has 0 radical (unpaired) electrons. The molecule has 0 saturated heterocycles. The van der Waals surface area contributed by atoms with Crippen LogP contribution in [0.5, 0.6) is 11.5 Å². The zero-order chi connectivity index (χ0) is 38.9. The lowest BCUT2D eigenvalue weighted by Gasteiger charge is -2.43. The molecule has 4 aromatic carbocycles. The molecule has 4 aromatic rings. The minimum Gasteiger partial charge on any atom is -0.493 e. The number of fused-ring (bicyclic) bond motifs is 1. The van der Waals surface area contributed by atoms with Gasteiger partial charge in [-0.1, -0.05) is 99.5 Å². The highest BCUT2D eigenvalue weighted by molar-refractivity contribution is 5.85. The van der Waals surface area contributed by atoms with Crippen LogP contribution in [-0.2, 0) is 28.6 Å². The Hall–Kier alpha value is -3.62. The lowest BCUT2D eigenvalue weighted by atomic mass is 9.67. The van der Waals surface area contributed by atoms with Crippen LogP contribution in [0.2, 0.25) is 0 Å². The molecule has 5 rings (SSSR count). The highest BCUT2D eigenvalue weighted by Gasteiger charge is 2.39. The number of hydrogen-bond donors (Lipinski definition) is 3. The first kappa shape index (κ1) is 47.8. The number of amides is 1. The molecule has 9 heteroatoms. The van der Waals surface area contributed by atoms with E-state index in [-0.39, 0.29) is 47.5 Å². The van der Waals surface area contributed by atoms with E-state index < -0.39 is 0 Å². The van der Waals surface area contributed by atoms with Gasteiger partial charge in [0.25, 0.3) is 0 Å². The monoisotopic (exact) mass is 821 g/mol. The molecule has 1 unspecified atom stereocenters. The topological polar surface area (TPSA) is 71.6 Å². The molecule has 1 amide bonds. The van der Waals surface area contributed by atoms with Gasteiger partial charge < -0.3 is 25.4 Å². The number of halogens is 3. The molecule has 6 nitrogen and oxygen atoms in total. The van der Waals surface area contributed by atoms with Crippen molar-refractivity contribution in [1.82, 2.24) is 16.0 Å². The number of ether oxygens (including phenoxy) is 2. The summed E-state index contributed by atoms with van der Waals surface area (Å²) in [5, 5.41) is 10.9. The summed E-state index contributed by atoms with van der Waals surface area (Å²) in [5.74, 6) is 2.06. The number of carbonyl (C=O) groups is 1. The maximum absolute atomic E-state index is 13.4. The van der Waals surface area contributed by atoms with Gasteiger partial charge in [0.15, 0.2) is 11.5 Å². The Bertz CT molecular complexity index is 1700. The summed E-state index contributed by atoms with van der Waals surface area (Å²) in [5.41, 5.74) is 5.88. The highest BCUT2D eigenvalue weighted by atomic mass is 35.5. The average Bonchev–Trinajstić information content (AvgIpc) is 3.21. The SMILES string of the molecule is COc1cc2c(cc1OC)C(CCCCNCCC(C)C)(CCCC(CCCNC(=O)CCc1ccc(F)cc1)(c1ccccc1)c1ccccc1)NCC2.Cl.Cl. The molecule has 312 valence electrons. The van der Waals surface area contributed by atoms with Crippen molar-refractivity contribution in [2.45, 2.75) is 102 Å². The van der Waals surface area contributed by atoms with E-state index in [0.717, 1.165) is 94.5 Å². The van der Waals surface area contributed by atoms with Gasteiger partial charge in [0.1, 0.15) is 5.82 Å². The Morgan fingerprint density at radius 2 is 1.40 bits per heavy atom. The third kappa shape index (κ3) is 13.5. The predicted molar refractivity (Wildman–Crippen MR) is 238 cm³/mol. The van der Waals surface area contributed by atoms with Gasteiger partial charge >= 0.3 is 0 Å². The lowest BCUT2D eigenvalue weighted by Crippen LogP contribution is -2.47. The first-order valence-electron chi connectivity index (χ1n) is 20.6. The Kier molecular flexibility index (Phi) is 20.4. The fourth-order valence-electron chi connectivity index (χ4n) is 8.56. The van der Waals surface area contributed by atoms with Crippen LogP contribution >= 0.6 is 24.8 Å². The molecule has 3 N–H and O–H groups in total. The summed E-state index contributed by atoms with van der Waals surface area (Å²) in [6.45, 7) is 8.21. The maximum Gasteiger partial charge on any atom is 0.220 e. The Morgan fingerprint density at radius 1 is 0.789 bits per heavy atom. The van der Waals surface area contributed by atoms with Crippen molar-refractivity contribution in [3.63, 3.8) is 0 Å². The number of hydrogen-bond acceptors (Lipinski definition) is 5. The maximum atomic E-state index is 13.4. The van der Waals surface area contributed by atoms with Crippen molar-refractivity contribution >= 4 is 30.7 Å². The summed E-state index contributed by atoms with van der Waals surface area (Å²) in [6.07, 6.45) is 11.2. The Labute approximate surface area is 354 Å². The third-order valence-electron chi connectivity index (χ3n) is 11.6. The second kappa shape index (κ2) is 24.3. The molecule has 1 aliphatic rings. The molecule has 1 atom stereocenters. The van der Waals surface area contributed by atoms with Gasteiger partial charge in [0, 0.05) is 30.5 Å². The van der Waals surface area contributed by atoms with Crippen LogP contribution in [0.1, 0.15) is 106 Å².